The summed E-state index contributed by atoms with van der Waals surface area (Å²) in [5.74, 6) is -0.377. The van der Waals surface area contributed by atoms with E-state index < -0.39 is 5.97 Å². The van der Waals surface area contributed by atoms with Crippen molar-refractivity contribution < 1.29 is 19.1 Å². The molecule has 2 rings (SSSR count). The molecular formula is C12H10O4S. The molecule has 0 aliphatic carbocycles. The number of aromatic carboxylic acids is 1. The summed E-state index contributed by atoms with van der Waals surface area (Å²) in [6, 6.07) is 10.5. The van der Waals surface area contributed by atoms with Gasteiger partial charge in [-0.15, -0.1) is 0 Å². The molecule has 0 spiro atoms. The number of methoxy groups -OCH3 is 1. The zero-order valence-electron chi connectivity index (χ0n) is 9.04. The summed E-state index contributed by atoms with van der Waals surface area (Å²) in [5.41, 5.74) is 0. The smallest absolute Gasteiger partial charge is 0.371 e. The maximum atomic E-state index is 10.6. The van der Waals surface area contributed by atoms with Crippen LogP contribution in [0.5, 0.6) is 5.75 Å². The summed E-state index contributed by atoms with van der Waals surface area (Å²) in [6.07, 6.45) is 0. The van der Waals surface area contributed by atoms with Crippen LogP contribution in [0.2, 0.25) is 0 Å². The van der Waals surface area contributed by atoms with Gasteiger partial charge in [0.25, 0.3) is 0 Å². The van der Waals surface area contributed by atoms with E-state index in [2.05, 4.69) is 0 Å². The van der Waals surface area contributed by atoms with Gasteiger partial charge in [-0.2, -0.15) is 0 Å². The summed E-state index contributed by atoms with van der Waals surface area (Å²) < 4.78 is 10.2. The summed E-state index contributed by atoms with van der Waals surface area (Å²) in [6.45, 7) is 0. The first-order chi connectivity index (χ1) is 8.19. The Morgan fingerprint density at radius 3 is 2.82 bits per heavy atom. The molecule has 1 heterocycles. The maximum Gasteiger partial charge on any atom is 0.371 e. The third kappa shape index (κ3) is 2.82. The number of carbonyl (C=O) groups is 1. The third-order valence-corrected chi connectivity index (χ3v) is 2.96. The zero-order chi connectivity index (χ0) is 12.3. The maximum absolute atomic E-state index is 10.6. The van der Waals surface area contributed by atoms with Gasteiger partial charge in [0.15, 0.2) is 5.09 Å². The van der Waals surface area contributed by atoms with Crippen LogP contribution in [-0.4, -0.2) is 18.2 Å². The minimum absolute atomic E-state index is 0.0598. The molecule has 4 nitrogen and oxygen atoms in total. The molecule has 5 heteroatoms. The van der Waals surface area contributed by atoms with Gasteiger partial charge in [-0.05, 0) is 30.3 Å². The van der Waals surface area contributed by atoms with Gasteiger partial charge in [-0.1, -0.05) is 17.8 Å². The SMILES string of the molecule is COc1cccc(Sc2ccc(C(=O)O)o2)c1. The summed E-state index contributed by atoms with van der Waals surface area (Å²) in [4.78, 5) is 11.6. The van der Waals surface area contributed by atoms with Gasteiger partial charge < -0.3 is 14.3 Å². The van der Waals surface area contributed by atoms with Crippen LogP contribution in [0.25, 0.3) is 0 Å². The summed E-state index contributed by atoms with van der Waals surface area (Å²) in [7, 11) is 1.60. The minimum atomic E-state index is -1.07. The second kappa shape index (κ2) is 4.97. The Hall–Kier alpha value is -1.88. The van der Waals surface area contributed by atoms with E-state index in [-0.39, 0.29) is 5.76 Å². The molecular weight excluding hydrogens is 240 g/mol. The Bertz CT molecular complexity index is 533. The molecule has 0 aliphatic heterocycles. The average Bonchev–Trinajstić information content (AvgIpc) is 2.78. The van der Waals surface area contributed by atoms with Gasteiger partial charge in [0.1, 0.15) is 5.75 Å². The van der Waals surface area contributed by atoms with Crippen molar-refractivity contribution in [3.8, 4) is 5.75 Å². The topological polar surface area (TPSA) is 59.7 Å². The highest BCUT2D eigenvalue weighted by molar-refractivity contribution is 7.99. The van der Waals surface area contributed by atoms with Gasteiger partial charge in [0.05, 0.1) is 7.11 Å². The van der Waals surface area contributed by atoms with Crippen molar-refractivity contribution in [2.75, 3.05) is 7.11 Å². The molecule has 0 radical (unpaired) electrons. The molecule has 0 saturated carbocycles. The van der Waals surface area contributed by atoms with Crippen LogP contribution in [-0.2, 0) is 0 Å². The number of carboxylic acid groups (broad SMARTS) is 1. The van der Waals surface area contributed by atoms with Crippen LogP contribution in [0.1, 0.15) is 10.6 Å². The molecule has 17 heavy (non-hydrogen) atoms. The van der Waals surface area contributed by atoms with Crippen molar-refractivity contribution in [3.63, 3.8) is 0 Å². The predicted octanol–water partition coefficient (Wildman–Crippen LogP) is 3.14. The van der Waals surface area contributed by atoms with E-state index in [1.807, 2.05) is 24.3 Å². The molecule has 1 aromatic carbocycles. The molecule has 0 atom stereocenters. The monoisotopic (exact) mass is 250 g/mol. The van der Waals surface area contributed by atoms with Crippen molar-refractivity contribution in [2.24, 2.45) is 0 Å². The van der Waals surface area contributed by atoms with Crippen LogP contribution < -0.4 is 4.74 Å². The minimum Gasteiger partial charge on any atom is -0.497 e. The largest absolute Gasteiger partial charge is 0.497 e. The Kier molecular flexibility index (Phi) is 3.39. The Balaban J connectivity index is 2.16. The first kappa shape index (κ1) is 11.6. The highest BCUT2D eigenvalue weighted by Crippen LogP contribution is 2.31. The number of carboxylic acids is 1. The molecule has 2 aromatic rings. The second-order valence-electron chi connectivity index (χ2n) is 3.20. The number of benzene rings is 1. The van der Waals surface area contributed by atoms with Gasteiger partial charge >= 0.3 is 5.97 Å². The fourth-order valence-corrected chi connectivity index (χ4v) is 2.09. The van der Waals surface area contributed by atoms with E-state index in [0.29, 0.717) is 5.09 Å². The molecule has 1 aromatic heterocycles. The molecule has 1 N–H and O–H groups in total. The van der Waals surface area contributed by atoms with E-state index in [9.17, 15) is 4.79 Å². The summed E-state index contributed by atoms with van der Waals surface area (Å²) >= 11 is 1.35. The van der Waals surface area contributed by atoms with Crippen molar-refractivity contribution in [1.82, 2.24) is 0 Å². The lowest BCUT2D eigenvalue weighted by atomic mass is 10.3. The Labute approximate surface area is 102 Å². The molecule has 88 valence electrons. The highest BCUT2D eigenvalue weighted by Gasteiger charge is 2.09. The Morgan fingerprint density at radius 1 is 1.35 bits per heavy atom. The van der Waals surface area contributed by atoms with E-state index in [1.54, 1.807) is 13.2 Å². The van der Waals surface area contributed by atoms with Crippen LogP contribution in [0.15, 0.2) is 50.8 Å². The zero-order valence-corrected chi connectivity index (χ0v) is 9.86. The molecule has 0 amide bonds. The standard InChI is InChI=1S/C12H10O4S/c1-15-8-3-2-4-9(7-8)17-11-6-5-10(16-11)12(13)14/h2-7H,1H3,(H,13,14). The highest BCUT2D eigenvalue weighted by atomic mass is 32.2. The molecule has 0 unspecified atom stereocenters. The lowest BCUT2D eigenvalue weighted by molar-refractivity contribution is 0.0656. The van der Waals surface area contributed by atoms with Gasteiger partial charge in [-0.25, -0.2) is 4.79 Å². The summed E-state index contributed by atoms with van der Waals surface area (Å²) in [5, 5.41) is 9.26. The third-order valence-electron chi connectivity index (χ3n) is 2.05. The fraction of sp³-hybridized carbons (Fsp3) is 0.0833. The number of furan rings is 1. The first-order valence-corrected chi connectivity index (χ1v) is 5.66. The van der Waals surface area contributed by atoms with Crippen molar-refractivity contribution >= 4 is 17.7 Å². The van der Waals surface area contributed by atoms with Crippen molar-refractivity contribution in [3.05, 3.63) is 42.2 Å². The van der Waals surface area contributed by atoms with Crippen LogP contribution in [0.3, 0.4) is 0 Å². The van der Waals surface area contributed by atoms with E-state index in [4.69, 9.17) is 14.3 Å². The fourth-order valence-electron chi connectivity index (χ4n) is 1.27. The lowest BCUT2D eigenvalue weighted by Crippen LogP contribution is -1.91. The number of rotatable bonds is 4. The normalized spacial score (nSPS) is 10.2. The molecule has 0 saturated heterocycles. The lowest BCUT2D eigenvalue weighted by Gasteiger charge is -2.01. The Morgan fingerprint density at radius 2 is 2.18 bits per heavy atom. The van der Waals surface area contributed by atoms with Gasteiger partial charge in [0, 0.05) is 4.90 Å². The van der Waals surface area contributed by atoms with Crippen LogP contribution in [0.4, 0.5) is 0 Å². The van der Waals surface area contributed by atoms with E-state index in [1.165, 1.54) is 17.8 Å². The predicted molar refractivity (Wildman–Crippen MR) is 62.8 cm³/mol. The van der Waals surface area contributed by atoms with Crippen molar-refractivity contribution in [2.45, 2.75) is 9.99 Å². The average molecular weight is 250 g/mol. The first-order valence-electron chi connectivity index (χ1n) is 4.84. The van der Waals surface area contributed by atoms with Crippen LogP contribution in [0, 0.1) is 0 Å². The van der Waals surface area contributed by atoms with Gasteiger partial charge in [0.2, 0.25) is 5.76 Å². The molecule has 0 bridgehead atoms. The number of hydrogen-bond acceptors (Lipinski definition) is 4. The van der Waals surface area contributed by atoms with Crippen LogP contribution >= 0.6 is 11.8 Å². The second-order valence-corrected chi connectivity index (χ2v) is 4.28. The number of ether oxygens (including phenoxy) is 1. The molecule has 0 aliphatic rings. The molecule has 0 fully saturated rings. The van der Waals surface area contributed by atoms with Gasteiger partial charge in [-0.3, -0.25) is 0 Å². The van der Waals surface area contributed by atoms with E-state index in [0.717, 1.165) is 10.6 Å². The quantitative estimate of drug-likeness (QED) is 0.903. The van der Waals surface area contributed by atoms with E-state index >= 15 is 0 Å². The van der Waals surface area contributed by atoms with Crippen molar-refractivity contribution in [1.29, 1.82) is 0 Å². The number of hydrogen-bond donors (Lipinski definition) is 1.